The topological polar surface area (TPSA) is 65.0 Å². The number of aromatic nitrogens is 3. The van der Waals surface area contributed by atoms with E-state index in [1.807, 2.05) is 59.2 Å². The second-order valence-corrected chi connectivity index (χ2v) is 6.17. The first kappa shape index (κ1) is 16.4. The van der Waals surface area contributed by atoms with Gasteiger partial charge in [-0.2, -0.15) is 10.4 Å². The van der Waals surface area contributed by atoms with Gasteiger partial charge >= 0.3 is 0 Å². The molecule has 7 heteroatoms. The molecule has 4 rings (SSSR count). The maximum atomic E-state index is 8.89. The molecule has 1 aliphatic rings. The summed E-state index contributed by atoms with van der Waals surface area (Å²) in [4.78, 5) is 0. The van der Waals surface area contributed by atoms with E-state index in [0.29, 0.717) is 35.9 Å². The SMILES string of the molecule is N#CCCn1nc(C2COc3ccccc3O2)n(-c2ccccc2)c1=S. The summed E-state index contributed by atoms with van der Waals surface area (Å²) in [5, 5.41) is 13.5. The highest BCUT2D eigenvalue weighted by molar-refractivity contribution is 7.71. The lowest BCUT2D eigenvalue weighted by Gasteiger charge is -2.26. The standard InChI is InChI=1S/C19H16N4O2S/c20-11-6-12-22-19(26)23(14-7-2-1-3-8-14)18(21-22)17-13-24-15-9-4-5-10-16(15)25-17/h1-5,7-10,17H,6,12-13H2. The monoisotopic (exact) mass is 364 g/mol. The first-order valence-electron chi connectivity index (χ1n) is 8.28. The summed E-state index contributed by atoms with van der Waals surface area (Å²) < 4.78 is 16.0. The van der Waals surface area contributed by atoms with Crippen molar-refractivity contribution in [2.24, 2.45) is 0 Å². The van der Waals surface area contributed by atoms with Gasteiger partial charge in [0.1, 0.15) is 6.61 Å². The van der Waals surface area contributed by atoms with Gasteiger partial charge in [-0.3, -0.25) is 4.57 Å². The van der Waals surface area contributed by atoms with Crippen molar-refractivity contribution in [1.29, 1.82) is 5.26 Å². The molecule has 1 atom stereocenters. The largest absolute Gasteiger partial charge is 0.485 e. The van der Waals surface area contributed by atoms with E-state index < -0.39 is 6.10 Å². The zero-order valence-corrected chi connectivity index (χ0v) is 14.7. The fourth-order valence-electron chi connectivity index (χ4n) is 2.90. The Bertz CT molecular complexity index is 1020. The van der Waals surface area contributed by atoms with Crippen molar-refractivity contribution in [3.05, 3.63) is 65.2 Å². The number of nitrogens with zero attached hydrogens (tertiary/aromatic N) is 4. The maximum absolute atomic E-state index is 8.89. The molecule has 26 heavy (non-hydrogen) atoms. The molecular formula is C19H16N4O2S. The lowest BCUT2D eigenvalue weighted by Crippen LogP contribution is -2.24. The lowest BCUT2D eigenvalue weighted by molar-refractivity contribution is 0.0834. The molecule has 0 bridgehead atoms. The summed E-state index contributed by atoms with van der Waals surface area (Å²) >= 11 is 5.61. The molecule has 0 amide bonds. The number of hydrogen-bond donors (Lipinski definition) is 0. The molecule has 0 aliphatic carbocycles. The molecule has 3 aromatic rings. The molecule has 0 radical (unpaired) electrons. The van der Waals surface area contributed by atoms with Crippen molar-refractivity contribution in [2.75, 3.05) is 6.61 Å². The summed E-state index contributed by atoms with van der Waals surface area (Å²) in [6, 6.07) is 19.5. The van der Waals surface area contributed by atoms with Crippen molar-refractivity contribution in [1.82, 2.24) is 14.3 Å². The van der Waals surface area contributed by atoms with Crippen LogP contribution in [-0.4, -0.2) is 21.0 Å². The first-order valence-corrected chi connectivity index (χ1v) is 8.69. The van der Waals surface area contributed by atoms with Gasteiger partial charge in [0, 0.05) is 5.69 Å². The third-order valence-corrected chi connectivity index (χ3v) is 4.50. The third-order valence-electron chi connectivity index (χ3n) is 4.11. The van der Waals surface area contributed by atoms with Crippen LogP contribution in [0, 0.1) is 16.1 Å². The number of para-hydroxylation sites is 3. The molecule has 0 fully saturated rings. The van der Waals surface area contributed by atoms with Gasteiger partial charge in [0.05, 0.1) is 19.0 Å². The van der Waals surface area contributed by atoms with Crippen molar-refractivity contribution in [3.8, 4) is 23.3 Å². The zero-order chi connectivity index (χ0) is 17.9. The van der Waals surface area contributed by atoms with Crippen LogP contribution in [0.4, 0.5) is 0 Å². The van der Waals surface area contributed by atoms with Gasteiger partial charge in [0.15, 0.2) is 23.4 Å². The minimum Gasteiger partial charge on any atom is -0.485 e. The summed E-state index contributed by atoms with van der Waals surface area (Å²) in [5.41, 5.74) is 0.901. The van der Waals surface area contributed by atoms with E-state index in [4.69, 9.17) is 27.0 Å². The van der Waals surface area contributed by atoms with Crippen LogP contribution in [-0.2, 0) is 6.54 Å². The number of rotatable bonds is 4. The molecule has 130 valence electrons. The fourth-order valence-corrected chi connectivity index (χ4v) is 3.23. The van der Waals surface area contributed by atoms with Crippen LogP contribution < -0.4 is 9.47 Å². The Kier molecular flexibility index (Phi) is 4.42. The maximum Gasteiger partial charge on any atom is 0.202 e. The Morgan fingerprint density at radius 3 is 2.62 bits per heavy atom. The van der Waals surface area contributed by atoms with Gasteiger partial charge in [-0.05, 0) is 36.5 Å². The quantitative estimate of drug-likeness (QED) is 0.658. The zero-order valence-electron chi connectivity index (χ0n) is 13.9. The summed E-state index contributed by atoms with van der Waals surface area (Å²) in [5.74, 6) is 2.06. The van der Waals surface area contributed by atoms with E-state index in [0.717, 1.165) is 11.4 Å². The predicted molar refractivity (Wildman–Crippen MR) is 97.9 cm³/mol. The number of ether oxygens (including phenoxy) is 2. The van der Waals surface area contributed by atoms with Crippen molar-refractivity contribution >= 4 is 12.2 Å². The van der Waals surface area contributed by atoms with Gasteiger partial charge < -0.3 is 9.47 Å². The first-order chi connectivity index (χ1) is 12.8. The molecule has 0 saturated carbocycles. The Morgan fingerprint density at radius 2 is 1.85 bits per heavy atom. The van der Waals surface area contributed by atoms with Crippen molar-refractivity contribution in [2.45, 2.75) is 19.1 Å². The van der Waals surface area contributed by atoms with Gasteiger partial charge in [0.25, 0.3) is 0 Å². The highest BCUT2D eigenvalue weighted by atomic mass is 32.1. The summed E-state index contributed by atoms with van der Waals surface area (Å²) in [7, 11) is 0. The summed E-state index contributed by atoms with van der Waals surface area (Å²) in [6.07, 6.45) is -0.0557. The molecule has 0 spiro atoms. The van der Waals surface area contributed by atoms with Gasteiger partial charge in [-0.25, -0.2) is 4.68 Å². The molecule has 0 saturated heterocycles. The van der Waals surface area contributed by atoms with E-state index in [-0.39, 0.29) is 0 Å². The van der Waals surface area contributed by atoms with E-state index in [9.17, 15) is 0 Å². The fraction of sp³-hybridized carbons (Fsp3) is 0.211. The molecule has 1 aliphatic heterocycles. The Balaban J connectivity index is 1.78. The van der Waals surface area contributed by atoms with Crippen molar-refractivity contribution in [3.63, 3.8) is 0 Å². The van der Waals surface area contributed by atoms with E-state index >= 15 is 0 Å². The molecule has 0 N–H and O–H groups in total. The minimum atomic E-state index is -0.393. The second kappa shape index (κ2) is 7.02. The molecule has 1 unspecified atom stereocenters. The molecular weight excluding hydrogens is 348 g/mol. The highest BCUT2D eigenvalue weighted by Crippen LogP contribution is 2.36. The van der Waals surface area contributed by atoms with Crippen LogP contribution in [0.15, 0.2) is 54.6 Å². The van der Waals surface area contributed by atoms with Gasteiger partial charge in [0.2, 0.25) is 4.77 Å². The van der Waals surface area contributed by atoms with Crippen LogP contribution in [0.25, 0.3) is 5.69 Å². The molecule has 1 aromatic heterocycles. The number of aryl methyl sites for hydroxylation is 1. The average Bonchev–Trinajstić information content (AvgIpc) is 3.03. The van der Waals surface area contributed by atoms with E-state index in [1.165, 1.54) is 0 Å². The van der Waals surface area contributed by atoms with Crippen LogP contribution >= 0.6 is 12.2 Å². The molecule has 2 heterocycles. The smallest absolute Gasteiger partial charge is 0.202 e. The van der Waals surface area contributed by atoms with Crippen LogP contribution in [0.2, 0.25) is 0 Å². The minimum absolute atomic E-state index is 0.338. The van der Waals surface area contributed by atoms with Gasteiger partial charge in [-0.15, -0.1) is 0 Å². The second-order valence-electron chi connectivity index (χ2n) is 5.81. The number of nitriles is 1. The number of fused-ring (bicyclic) bond motifs is 1. The van der Waals surface area contributed by atoms with Crippen molar-refractivity contribution < 1.29 is 9.47 Å². The van der Waals surface area contributed by atoms with Crippen LogP contribution in [0.5, 0.6) is 11.5 Å². The third kappa shape index (κ3) is 2.95. The van der Waals surface area contributed by atoms with Crippen LogP contribution in [0.1, 0.15) is 18.3 Å². The Morgan fingerprint density at radius 1 is 1.12 bits per heavy atom. The normalized spacial score (nSPS) is 15.4. The Hall–Kier alpha value is -3.11. The molecule has 6 nitrogen and oxygen atoms in total. The van der Waals surface area contributed by atoms with E-state index in [2.05, 4.69) is 11.2 Å². The molecule has 2 aromatic carbocycles. The highest BCUT2D eigenvalue weighted by Gasteiger charge is 2.28. The van der Waals surface area contributed by atoms with Crippen LogP contribution in [0.3, 0.4) is 0 Å². The van der Waals surface area contributed by atoms with E-state index in [1.54, 1.807) is 4.68 Å². The predicted octanol–water partition coefficient (Wildman–Crippen LogP) is 3.83. The average molecular weight is 364 g/mol. The lowest BCUT2D eigenvalue weighted by atomic mass is 10.2. The number of benzene rings is 2. The summed E-state index contributed by atoms with van der Waals surface area (Å²) in [6.45, 7) is 0.778. The van der Waals surface area contributed by atoms with Gasteiger partial charge in [-0.1, -0.05) is 30.3 Å². The number of hydrogen-bond acceptors (Lipinski definition) is 5. The Labute approximate surface area is 155 Å².